The number of hydrogen-bond donors (Lipinski definition) is 0. The summed E-state index contributed by atoms with van der Waals surface area (Å²) in [6.45, 7) is 6.57. The lowest BCUT2D eigenvalue weighted by Crippen LogP contribution is -3.62. The van der Waals surface area contributed by atoms with E-state index in [9.17, 15) is 13.2 Å². The molecule has 0 N–H and O–H groups in total. The molecule has 0 aliphatic heterocycles. The first-order chi connectivity index (χ1) is 11.3. The van der Waals surface area contributed by atoms with Gasteiger partial charge in [0.2, 0.25) is 3.57 Å². The number of alkyl halides is 3. The highest BCUT2D eigenvalue weighted by Gasteiger charge is 2.36. The number of rotatable bonds is 2. The summed E-state index contributed by atoms with van der Waals surface area (Å²) in [5, 5.41) is 0. The maximum atomic E-state index is 10.7. The lowest BCUT2D eigenvalue weighted by atomic mass is 10.1. The van der Waals surface area contributed by atoms with Crippen LogP contribution >= 0.6 is 15.9 Å². The predicted octanol–water partition coefficient (Wildman–Crippen LogP) is 0.949. The smallest absolute Gasteiger partial charge is 0.485 e. The first-order valence-corrected chi connectivity index (χ1v) is 11.0. The number of benzene rings is 1. The van der Waals surface area contributed by atoms with Gasteiger partial charge in [0, 0.05) is 27.9 Å². The quantitative estimate of drug-likeness (QED) is 0.317. The molecule has 1 aromatic carbocycles. The molecular weight excluding hydrogens is 538 g/mol. The maximum absolute atomic E-state index is 10.7. The van der Waals surface area contributed by atoms with Gasteiger partial charge in [0.25, 0.3) is 0 Å². The van der Waals surface area contributed by atoms with E-state index in [1.165, 1.54) is 23.8 Å². The van der Waals surface area contributed by atoms with Crippen molar-refractivity contribution in [3.63, 3.8) is 0 Å². The van der Waals surface area contributed by atoms with Gasteiger partial charge in [0.05, 0.1) is 6.20 Å². The van der Waals surface area contributed by atoms with Crippen LogP contribution in [0.5, 0.6) is 0 Å². The number of nitrogens with zero attached hydrogens (tertiary/aromatic N) is 1. The molecule has 0 spiro atoms. The van der Waals surface area contributed by atoms with Crippen molar-refractivity contribution in [2.75, 3.05) is 0 Å². The minimum Gasteiger partial charge on any atom is -0.741 e. The molecular formula is C15H14BrF3INO3S. The second-order valence-electron chi connectivity index (χ2n) is 5.03. The van der Waals surface area contributed by atoms with E-state index in [-0.39, 0.29) is 21.2 Å². The van der Waals surface area contributed by atoms with Crippen LogP contribution in [0.4, 0.5) is 13.2 Å². The van der Waals surface area contributed by atoms with Gasteiger partial charge >= 0.3 is 26.7 Å². The van der Waals surface area contributed by atoms with Crippen LogP contribution < -0.4 is 21.2 Å². The highest BCUT2D eigenvalue weighted by atomic mass is 127. The Hall–Kier alpha value is -0.720. The summed E-state index contributed by atoms with van der Waals surface area (Å²) in [4.78, 5) is 4.24. The second kappa shape index (κ2) is 8.78. The summed E-state index contributed by atoms with van der Waals surface area (Å²) in [5.74, 6) is 0. The molecule has 0 saturated carbocycles. The van der Waals surface area contributed by atoms with Crippen molar-refractivity contribution in [1.29, 1.82) is 0 Å². The summed E-state index contributed by atoms with van der Waals surface area (Å²) in [6, 6.07) is 6.72. The van der Waals surface area contributed by atoms with Gasteiger partial charge in [-0.05, 0) is 36.7 Å². The van der Waals surface area contributed by atoms with E-state index in [1.807, 2.05) is 12.4 Å². The lowest BCUT2D eigenvalue weighted by molar-refractivity contribution is -0.599. The Balaban J connectivity index is 0.000000333. The van der Waals surface area contributed by atoms with E-state index in [0.717, 1.165) is 4.47 Å². The van der Waals surface area contributed by atoms with Crippen LogP contribution in [0, 0.1) is 27.9 Å². The van der Waals surface area contributed by atoms with E-state index in [0.29, 0.717) is 0 Å². The SMILES string of the molecule is Cc1cc(C)c([I+]c2cncc(Br)c2)c(C)c1.O=S(=O)([O-])C(F)(F)F. The van der Waals surface area contributed by atoms with Gasteiger partial charge in [-0.1, -0.05) is 17.7 Å². The Morgan fingerprint density at radius 1 is 1.08 bits per heavy atom. The van der Waals surface area contributed by atoms with Gasteiger partial charge in [-0.15, -0.1) is 0 Å². The fraction of sp³-hybridized carbons (Fsp3) is 0.267. The molecule has 0 unspecified atom stereocenters. The average molecular weight is 552 g/mol. The zero-order valence-electron chi connectivity index (χ0n) is 13.4. The molecule has 138 valence electrons. The topological polar surface area (TPSA) is 70.1 Å². The molecule has 0 radical (unpaired) electrons. The highest BCUT2D eigenvalue weighted by Crippen LogP contribution is 2.20. The Kier molecular flexibility index (Phi) is 7.84. The fourth-order valence-electron chi connectivity index (χ4n) is 1.86. The fourth-order valence-corrected chi connectivity index (χ4v) is 5.23. The van der Waals surface area contributed by atoms with E-state index in [4.69, 9.17) is 13.0 Å². The summed E-state index contributed by atoms with van der Waals surface area (Å²) in [7, 11) is -6.09. The Bertz CT molecular complexity index is 834. The number of halogens is 5. The molecule has 2 aromatic rings. The minimum atomic E-state index is -6.09. The molecule has 1 heterocycles. The highest BCUT2D eigenvalue weighted by molar-refractivity contribution is 9.10. The van der Waals surface area contributed by atoms with Crippen molar-refractivity contribution in [3.05, 3.63) is 58.9 Å². The molecule has 0 bridgehead atoms. The van der Waals surface area contributed by atoms with Gasteiger partial charge < -0.3 is 4.55 Å². The van der Waals surface area contributed by atoms with Crippen LogP contribution in [0.15, 0.2) is 35.1 Å². The summed E-state index contributed by atoms with van der Waals surface area (Å²) in [6.07, 6.45) is 3.82. The molecule has 2 rings (SSSR count). The monoisotopic (exact) mass is 551 g/mol. The summed E-state index contributed by atoms with van der Waals surface area (Å²) in [5.41, 5.74) is -1.47. The van der Waals surface area contributed by atoms with Crippen LogP contribution in [-0.2, 0) is 10.1 Å². The van der Waals surface area contributed by atoms with Gasteiger partial charge in [-0.3, -0.25) is 4.98 Å². The van der Waals surface area contributed by atoms with Crippen molar-refractivity contribution in [3.8, 4) is 0 Å². The summed E-state index contributed by atoms with van der Waals surface area (Å²) >= 11 is 3.34. The molecule has 0 fully saturated rings. The molecule has 0 aliphatic rings. The van der Waals surface area contributed by atoms with Crippen LogP contribution in [0.2, 0.25) is 0 Å². The Morgan fingerprint density at radius 3 is 1.96 bits per heavy atom. The molecule has 4 nitrogen and oxygen atoms in total. The standard InChI is InChI=1S/C14H14BrIN.CHF3O3S/c1-9-4-10(2)14(11(3)5-9)16-13-6-12(15)7-17-8-13;2-1(3,4)8(5,6)7/h4-8H,1-3H3;(H,5,6,7)/q+1;/p-1. The molecule has 0 aliphatic carbocycles. The molecule has 0 atom stereocenters. The van der Waals surface area contributed by atoms with E-state index < -0.39 is 15.6 Å². The van der Waals surface area contributed by atoms with Crippen LogP contribution in [0.1, 0.15) is 16.7 Å². The first-order valence-electron chi connectivity index (χ1n) is 6.66. The number of pyridine rings is 1. The third kappa shape index (κ3) is 7.19. The lowest BCUT2D eigenvalue weighted by Gasteiger charge is -2.08. The zero-order chi connectivity index (χ0) is 19.4. The van der Waals surface area contributed by atoms with Gasteiger partial charge in [-0.2, -0.15) is 13.2 Å². The Morgan fingerprint density at radius 2 is 1.56 bits per heavy atom. The normalized spacial score (nSPS) is 11.7. The molecule has 0 amide bonds. The van der Waals surface area contributed by atoms with Crippen molar-refractivity contribution in [2.24, 2.45) is 0 Å². The van der Waals surface area contributed by atoms with Crippen LogP contribution in [0.25, 0.3) is 0 Å². The molecule has 10 heteroatoms. The predicted molar refractivity (Wildman–Crippen MR) is 85.7 cm³/mol. The largest absolute Gasteiger partial charge is 0.741 e. The number of hydrogen-bond acceptors (Lipinski definition) is 4. The molecule has 0 saturated heterocycles. The van der Waals surface area contributed by atoms with E-state index in [1.54, 1.807) is 0 Å². The molecule has 1 aromatic heterocycles. The van der Waals surface area contributed by atoms with Gasteiger partial charge in [0.15, 0.2) is 13.7 Å². The van der Waals surface area contributed by atoms with Crippen molar-refractivity contribution < 1.29 is 47.3 Å². The maximum Gasteiger partial charge on any atom is 0.485 e. The Labute approximate surface area is 163 Å². The van der Waals surface area contributed by atoms with Crippen LogP contribution in [-0.4, -0.2) is 23.5 Å². The second-order valence-corrected chi connectivity index (χ2v) is 10.2. The zero-order valence-corrected chi connectivity index (χ0v) is 17.9. The van der Waals surface area contributed by atoms with Crippen molar-refractivity contribution in [2.45, 2.75) is 26.3 Å². The van der Waals surface area contributed by atoms with Crippen molar-refractivity contribution >= 4 is 26.0 Å². The van der Waals surface area contributed by atoms with E-state index in [2.05, 4.69) is 59.9 Å². The third-order valence-corrected chi connectivity index (χ3v) is 7.19. The summed E-state index contributed by atoms with van der Waals surface area (Å²) < 4.78 is 62.8. The van der Waals surface area contributed by atoms with E-state index >= 15 is 0 Å². The minimum absolute atomic E-state index is 0.137. The van der Waals surface area contributed by atoms with Gasteiger partial charge in [0.1, 0.15) is 0 Å². The van der Waals surface area contributed by atoms with Gasteiger partial charge in [-0.25, -0.2) is 8.42 Å². The number of aryl methyl sites for hydroxylation is 3. The first kappa shape index (κ1) is 22.3. The average Bonchev–Trinajstić information content (AvgIpc) is 2.41. The van der Waals surface area contributed by atoms with Crippen molar-refractivity contribution in [1.82, 2.24) is 4.98 Å². The number of aromatic nitrogens is 1. The van der Waals surface area contributed by atoms with Crippen LogP contribution in [0.3, 0.4) is 0 Å². The molecule has 25 heavy (non-hydrogen) atoms. The third-order valence-electron chi connectivity index (χ3n) is 2.74.